The highest BCUT2D eigenvalue weighted by Gasteiger charge is 2.17. The molecular weight excluding hydrogens is 319 g/mol. The highest BCUT2D eigenvalue weighted by atomic mass is 35.5. The van der Waals surface area contributed by atoms with Crippen molar-refractivity contribution in [2.45, 2.75) is 19.8 Å². The topological polar surface area (TPSA) is 60.7 Å². The average Bonchev–Trinajstić information content (AvgIpc) is 2.86. The molecule has 0 unspecified atom stereocenters. The molecule has 23 heavy (non-hydrogen) atoms. The van der Waals surface area contributed by atoms with Crippen molar-refractivity contribution in [1.82, 2.24) is 19.7 Å². The molecule has 5 nitrogen and oxygen atoms in total. The van der Waals surface area contributed by atoms with Crippen LogP contribution in [0, 0.1) is 5.82 Å². The predicted molar refractivity (Wildman–Crippen MR) is 86.2 cm³/mol. The molecule has 0 radical (unpaired) electrons. The number of nitrogens with zero attached hydrogens (tertiary/aromatic N) is 4. The Morgan fingerprint density at radius 2 is 2.00 bits per heavy atom. The Kier molecular flexibility index (Phi) is 3.85. The standard InChI is InChI=1S/C16H14ClFN4O/c1-8(2)9-5-14(17)19-13-6-12(18)11(4-10(9)13)16-20-15(7-23)22(3)21-16/h4-8H,1-3H3. The van der Waals surface area contributed by atoms with Gasteiger partial charge in [0.1, 0.15) is 11.0 Å². The van der Waals surface area contributed by atoms with Crippen LogP contribution in [-0.2, 0) is 7.05 Å². The van der Waals surface area contributed by atoms with Gasteiger partial charge in [-0.05, 0) is 23.6 Å². The monoisotopic (exact) mass is 332 g/mol. The zero-order valence-corrected chi connectivity index (χ0v) is 13.6. The molecule has 7 heteroatoms. The third kappa shape index (κ3) is 2.70. The molecule has 0 saturated heterocycles. The molecule has 0 N–H and O–H groups in total. The Morgan fingerprint density at radius 3 is 2.61 bits per heavy atom. The lowest BCUT2D eigenvalue weighted by molar-refractivity contribution is 0.111. The number of halogens is 2. The molecule has 0 saturated carbocycles. The van der Waals surface area contributed by atoms with Crippen LogP contribution >= 0.6 is 11.6 Å². The summed E-state index contributed by atoms with van der Waals surface area (Å²) in [7, 11) is 1.58. The molecule has 0 aliphatic carbocycles. The van der Waals surface area contributed by atoms with Crippen molar-refractivity contribution in [3.05, 3.63) is 40.6 Å². The molecule has 0 spiro atoms. The molecule has 0 aliphatic heterocycles. The highest BCUT2D eigenvalue weighted by molar-refractivity contribution is 6.30. The van der Waals surface area contributed by atoms with Crippen molar-refractivity contribution < 1.29 is 9.18 Å². The number of aromatic nitrogens is 4. The van der Waals surface area contributed by atoms with Crippen LogP contribution < -0.4 is 0 Å². The van der Waals surface area contributed by atoms with Gasteiger partial charge in [-0.15, -0.1) is 0 Å². The van der Waals surface area contributed by atoms with E-state index < -0.39 is 5.82 Å². The Labute approximate surface area is 137 Å². The van der Waals surface area contributed by atoms with Crippen molar-refractivity contribution in [2.75, 3.05) is 0 Å². The third-order valence-corrected chi connectivity index (χ3v) is 3.86. The smallest absolute Gasteiger partial charge is 0.191 e. The molecule has 2 heterocycles. The molecule has 3 rings (SSSR count). The number of carbonyl (C=O) groups is 1. The number of benzene rings is 1. The van der Waals surface area contributed by atoms with Gasteiger partial charge >= 0.3 is 0 Å². The van der Waals surface area contributed by atoms with E-state index in [1.165, 1.54) is 10.7 Å². The number of hydrogen-bond acceptors (Lipinski definition) is 4. The number of hydrogen-bond donors (Lipinski definition) is 0. The molecule has 1 aromatic carbocycles. The van der Waals surface area contributed by atoms with E-state index in [0.29, 0.717) is 17.0 Å². The second-order valence-electron chi connectivity index (χ2n) is 5.57. The van der Waals surface area contributed by atoms with Crippen molar-refractivity contribution in [1.29, 1.82) is 0 Å². The molecule has 0 aliphatic rings. The first kappa shape index (κ1) is 15.6. The first-order chi connectivity index (χ1) is 10.9. The van der Waals surface area contributed by atoms with Gasteiger partial charge in [-0.3, -0.25) is 4.79 Å². The molecule has 0 fully saturated rings. The summed E-state index contributed by atoms with van der Waals surface area (Å²) >= 11 is 6.02. The first-order valence-electron chi connectivity index (χ1n) is 7.07. The normalized spacial score (nSPS) is 11.4. The van der Waals surface area contributed by atoms with Gasteiger partial charge in [-0.25, -0.2) is 19.0 Å². The van der Waals surface area contributed by atoms with Crippen LogP contribution in [0.1, 0.15) is 35.9 Å². The summed E-state index contributed by atoms with van der Waals surface area (Å²) in [5.74, 6) is -0.0139. The maximum atomic E-state index is 14.5. The van der Waals surface area contributed by atoms with Crippen molar-refractivity contribution in [2.24, 2.45) is 7.05 Å². The lowest BCUT2D eigenvalue weighted by Gasteiger charge is -2.11. The molecule has 0 bridgehead atoms. The van der Waals surface area contributed by atoms with Crippen molar-refractivity contribution >= 4 is 28.8 Å². The Bertz CT molecular complexity index is 920. The molecule has 3 aromatic rings. The summed E-state index contributed by atoms with van der Waals surface area (Å²) in [6, 6.07) is 4.76. The largest absolute Gasteiger partial charge is 0.294 e. The summed E-state index contributed by atoms with van der Waals surface area (Å²) < 4.78 is 15.8. The summed E-state index contributed by atoms with van der Waals surface area (Å²) in [6.07, 6.45) is 0.580. The SMILES string of the molecule is CC(C)c1cc(Cl)nc2cc(F)c(-c3nc(C=O)n(C)n3)cc12. The number of aldehydes is 1. The van der Waals surface area contributed by atoms with E-state index >= 15 is 0 Å². The van der Waals surface area contributed by atoms with Crippen molar-refractivity contribution in [3.8, 4) is 11.4 Å². The summed E-state index contributed by atoms with van der Waals surface area (Å²) in [4.78, 5) is 19.1. The number of rotatable bonds is 3. The third-order valence-electron chi connectivity index (χ3n) is 3.66. The van der Waals surface area contributed by atoms with E-state index in [1.807, 2.05) is 13.8 Å². The Hall–Kier alpha value is -2.34. The van der Waals surface area contributed by atoms with Gasteiger partial charge in [0.15, 0.2) is 17.9 Å². The van der Waals surface area contributed by atoms with Gasteiger partial charge in [0.05, 0.1) is 11.1 Å². The van der Waals surface area contributed by atoms with E-state index in [0.717, 1.165) is 10.9 Å². The molecular formula is C16H14ClFN4O. The molecule has 0 amide bonds. The van der Waals surface area contributed by atoms with Crippen LogP contribution in [0.5, 0.6) is 0 Å². The number of aryl methyl sites for hydroxylation is 1. The second kappa shape index (κ2) is 5.70. The van der Waals surface area contributed by atoms with Crippen LogP contribution in [0.3, 0.4) is 0 Å². The number of carbonyl (C=O) groups excluding carboxylic acids is 1. The predicted octanol–water partition coefficient (Wildman–Crippen LogP) is 3.76. The van der Waals surface area contributed by atoms with E-state index in [9.17, 15) is 9.18 Å². The zero-order chi connectivity index (χ0) is 16.7. The van der Waals surface area contributed by atoms with Crippen LogP contribution in [0.25, 0.3) is 22.3 Å². The maximum Gasteiger partial charge on any atom is 0.191 e. The minimum absolute atomic E-state index is 0.137. The van der Waals surface area contributed by atoms with E-state index in [-0.39, 0.29) is 23.1 Å². The quantitative estimate of drug-likeness (QED) is 0.541. The first-order valence-corrected chi connectivity index (χ1v) is 7.44. The molecule has 2 aromatic heterocycles. The molecule has 118 valence electrons. The van der Waals surface area contributed by atoms with Crippen LogP contribution in [0.15, 0.2) is 18.2 Å². The Balaban J connectivity index is 2.29. The molecule has 0 atom stereocenters. The minimum Gasteiger partial charge on any atom is -0.294 e. The Morgan fingerprint density at radius 1 is 1.26 bits per heavy atom. The number of fused-ring (bicyclic) bond motifs is 1. The zero-order valence-electron chi connectivity index (χ0n) is 12.8. The number of pyridine rings is 1. The average molecular weight is 333 g/mol. The second-order valence-corrected chi connectivity index (χ2v) is 5.96. The lowest BCUT2D eigenvalue weighted by Crippen LogP contribution is -1.97. The fraction of sp³-hybridized carbons (Fsp3) is 0.250. The van der Waals surface area contributed by atoms with Crippen LogP contribution in [-0.4, -0.2) is 26.0 Å². The van der Waals surface area contributed by atoms with Gasteiger partial charge in [0.25, 0.3) is 0 Å². The summed E-state index contributed by atoms with van der Waals surface area (Å²) in [5, 5.41) is 5.22. The van der Waals surface area contributed by atoms with Crippen LogP contribution in [0.2, 0.25) is 5.15 Å². The van der Waals surface area contributed by atoms with E-state index in [2.05, 4.69) is 15.1 Å². The lowest BCUT2D eigenvalue weighted by atomic mass is 9.97. The van der Waals surface area contributed by atoms with Gasteiger partial charge < -0.3 is 0 Å². The summed E-state index contributed by atoms with van der Waals surface area (Å²) in [5.41, 5.74) is 1.68. The van der Waals surface area contributed by atoms with Gasteiger partial charge in [-0.1, -0.05) is 25.4 Å². The minimum atomic E-state index is -0.509. The van der Waals surface area contributed by atoms with E-state index in [4.69, 9.17) is 11.6 Å². The summed E-state index contributed by atoms with van der Waals surface area (Å²) in [6.45, 7) is 4.05. The van der Waals surface area contributed by atoms with E-state index in [1.54, 1.807) is 19.2 Å². The fourth-order valence-corrected chi connectivity index (χ4v) is 2.71. The van der Waals surface area contributed by atoms with Crippen molar-refractivity contribution in [3.63, 3.8) is 0 Å². The highest BCUT2D eigenvalue weighted by Crippen LogP contribution is 2.31. The maximum absolute atomic E-state index is 14.5. The van der Waals surface area contributed by atoms with Gasteiger partial charge in [0, 0.05) is 18.5 Å². The van der Waals surface area contributed by atoms with Gasteiger partial charge in [0.2, 0.25) is 0 Å². The van der Waals surface area contributed by atoms with Crippen LogP contribution in [0.4, 0.5) is 4.39 Å². The fourth-order valence-electron chi connectivity index (χ4n) is 2.50. The van der Waals surface area contributed by atoms with Gasteiger partial charge in [-0.2, -0.15) is 5.10 Å².